The second-order valence-electron chi connectivity index (χ2n) is 4.17. The van der Waals surface area contributed by atoms with Crippen molar-refractivity contribution in [3.05, 3.63) is 0 Å². The number of carbonyl (C=O) groups is 2. The van der Waals surface area contributed by atoms with E-state index in [1.165, 1.54) is 4.90 Å². The molecule has 5 heteroatoms. The number of ether oxygens (including phenoxy) is 1. The molecule has 0 aromatic rings. The van der Waals surface area contributed by atoms with E-state index >= 15 is 0 Å². The minimum atomic E-state index is -0.923. The molecule has 0 atom stereocenters. The number of hydrogen-bond acceptors (Lipinski definition) is 3. The van der Waals surface area contributed by atoms with Gasteiger partial charge in [0.15, 0.2) is 0 Å². The van der Waals surface area contributed by atoms with Gasteiger partial charge in [-0.2, -0.15) is 0 Å². The first kappa shape index (κ1) is 13.7. The largest absolute Gasteiger partial charge is 0.481 e. The molecule has 0 saturated heterocycles. The number of aliphatic carboxylic acids is 1. The van der Waals surface area contributed by atoms with Crippen LogP contribution in [-0.4, -0.2) is 40.8 Å². The van der Waals surface area contributed by atoms with Gasteiger partial charge in [-0.1, -0.05) is 0 Å². The summed E-state index contributed by atoms with van der Waals surface area (Å²) in [4.78, 5) is 23.4. The molecule has 88 valence electrons. The summed E-state index contributed by atoms with van der Waals surface area (Å²) in [6.07, 6.45) is -0.540. The van der Waals surface area contributed by atoms with Crippen LogP contribution in [0.4, 0.5) is 4.79 Å². The van der Waals surface area contributed by atoms with Gasteiger partial charge in [-0.05, 0) is 27.7 Å². The van der Waals surface area contributed by atoms with E-state index in [0.29, 0.717) is 6.61 Å². The minimum absolute atomic E-state index is 0.0733. The summed E-state index contributed by atoms with van der Waals surface area (Å²) in [5.41, 5.74) is -0.429. The summed E-state index contributed by atoms with van der Waals surface area (Å²) in [5, 5.41) is 8.56. The zero-order valence-electron chi connectivity index (χ0n) is 9.74. The molecule has 0 aliphatic rings. The number of carboxylic acid groups (broad SMARTS) is 1. The van der Waals surface area contributed by atoms with E-state index in [9.17, 15) is 9.59 Å². The maximum absolute atomic E-state index is 11.5. The van der Waals surface area contributed by atoms with Gasteiger partial charge in [0.25, 0.3) is 0 Å². The van der Waals surface area contributed by atoms with Crippen molar-refractivity contribution in [1.29, 1.82) is 0 Å². The van der Waals surface area contributed by atoms with E-state index in [2.05, 4.69) is 0 Å². The van der Waals surface area contributed by atoms with Crippen LogP contribution in [0.1, 0.15) is 34.1 Å². The first-order chi connectivity index (χ1) is 6.79. The van der Waals surface area contributed by atoms with E-state index in [4.69, 9.17) is 9.84 Å². The smallest absolute Gasteiger partial charge is 0.410 e. The van der Waals surface area contributed by atoms with E-state index in [1.807, 2.05) is 20.8 Å². The van der Waals surface area contributed by atoms with Crippen LogP contribution in [0.2, 0.25) is 0 Å². The number of carboxylic acids is 1. The van der Waals surface area contributed by atoms with Crippen LogP contribution >= 0.6 is 0 Å². The number of hydrogen-bond donors (Lipinski definition) is 1. The summed E-state index contributed by atoms with van der Waals surface area (Å²) in [5.74, 6) is -0.923. The van der Waals surface area contributed by atoms with Gasteiger partial charge in [-0.15, -0.1) is 0 Å². The maximum Gasteiger partial charge on any atom is 0.410 e. The van der Waals surface area contributed by atoms with Gasteiger partial charge in [-0.25, -0.2) is 4.79 Å². The molecule has 0 bridgehead atoms. The topological polar surface area (TPSA) is 66.8 Å². The Kier molecular flexibility index (Phi) is 5.11. The second kappa shape index (κ2) is 5.58. The Morgan fingerprint density at radius 3 is 2.20 bits per heavy atom. The molecule has 0 aliphatic heterocycles. The van der Waals surface area contributed by atoms with Crippen LogP contribution in [0.5, 0.6) is 0 Å². The fourth-order valence-electron chi connectivity index (χ4n) is 1.11. The van der Waals surface area contributed by atoms with Crippen molar-refractivity contribution in [2.24, 2.45) is 0 Å². The van der Waals surface area contributed by atoms with Gasteiger partial charge in [-0.3, -0.25) is 4.79 Å². The Balaban J connectivity index is 4.45. The number of rotatable bonds is 4. The van der Waals surface area contributed by atoms with Gasteiger partial charge >= 0.3 is 12.1 Å². The summed E-state index contributed by atoms with van der Waals surface area (Å²) >= 11 is 0. The van der Waals surface area contributed by atoms with Crippen molar-refractivity contribution in [2.75, 3.05) is 13.2 Å². The molecular formula is C10H19NO4. The highest BCUT2D eigenvalue weighted by molar-refractivity contribution is 5.71. The molecule has 1 N–H and O–H groups in total. The van der Waals surface area contributed by atoms with E-state index in [0.717, 1.165) is 0 Å². The van der Waals surface area contributed by atoms with Gasteiger partial charge < -0.3 is 14.7 Å². The lowest BCUT2D eigenvalue weighted by molar-refractivity contribution is -0.137. The Bertz CT molecular complexity index is 232. The van der Waals surface area contributed by atoms with Gasteiger partial charge in [0.2, 0.25) is 0 Å². The summed E-state index contributed by atoms with van der Waals surface area (Å²) in [6.45, 7) is 7.69. The highest BCUT2D eigenvalue weighted by Gasteiger charge is 2.27. The van der Waals surface area contributed by atoms with Crippen LogP contribution < -0.4 is 0 Å². The third-order valence-electron chi connectivity index (χ3n) is 1.85. The SMILES string of the molecule is CCOC(=O)N(CCC(=O)O)C(C)(C)C. The lowest BCUT2D eigenvalue weighted by Crippen LogP contribution is -2.46. The van der Waals surface area contributed by atoms with Crippen molar-refractivity contribution in [1.82, 2.24) is 4.90 Å². The molecule has 0 aromatic carbocycles. The zero-order valence-corrected chi connectivity index (χ0v) is 9.74. The Hall–Kier alpha value is -1.26. The molecule has 0 fully saturated rings. The maximum atomic E-state index is 11.5. The van der Waals surface area contributed by atoms with Crippen LogP contribution in [0.25, 0.3) is 0 Å². The van der Waals surface area contributed by atoms with Crippen molar-refractivity contribution >= 4 is 12.1 Å². The molecule has 0 radical (unpaired) electrons. The fourth-order valence-corrected chi connectivity index (χ4v) is 1.11. The first-order valence-electron chi connectivity index (χ1n) is 4.95. The monoisotopic (exact) mass is 217 g/mol. The van der Waals surface area contributed by atoms with Crippen molar-refractivity contribution in [3.63, 3.8) is 0 Å². The quantitative estimate of drug-likeness (QED) is 0.778. The lowest BCUT2D eigenvalue weighted by atomic mass is 10.1. The van der Waals surface area contributed by atoms with Crippen LogP contribution in [0, 0.1) is 0 Å². The number of amides is 1. The van der Waals surface area contributed by atoms with Crippen molar-refractivity contribution in [3.8, 4) is 0 Å². The lowest BCUT2D eigenvalue weighted by Gasteiger charge is -2.34. The fraction of sp³-hybridized carbons (Fsp3) is 0.800. The zero-order chi connectivity index (χ0) is 12.1. The average Bonchev–Trinajstić information content (AvgIpc) is 2.01. The van der Waals surface area contributed by atoms with Gasteiger partial charge in [0.1, 0.15) is 0 Å². The molecule has 15 heavy (non-hydrogen) atoms. The Labute approximate surface area is 90.0 Å². The Morgan fingerprint density at radius 2 is 1.87 bits per heavy atom. The molecule has 0 aromatic heterocycles. The predicted octanol–water partition coefficient (Wildman–Crippen LogP) is 1.72. The molecule has 0 heterocycles. The number of nitrogens with zero attached hydrogens (tertiary/aromatic N) is 1. The highest BCUT2D eigenvalue weighted by atomic mass is 16.6. The molecule has 0 rings (SSSR count). The minimum Gasteiger partial charge on any atom is -0.481 e. The van der Waals surface area contributed by atoms with Crippen LogP contribution in [0.15, 0.2) is 0 Å². The van der Waals surface area contributed by atoms with E-state index in [1.54, 1.807) is 6.92 Å². The summed E-state index contributed by atoms with van der Waals surface area (Å²) in [6, 6.07) is 0. The van der Waals surface area contributed by atoms with Crippen LogP contribution in [0.3, 0.4) is 0 Å². The third-order valence-corrected chi connectivity index (χ3v) is 1.85. The Morgan fingerprint density at radius 1 is 1.33 bits per heavy atom. The summed E-state index contributed by atoms with van der Waals surface area (Å²) in [7, 11) is 0. The molecule has 0 spiro atoms. The third kappa shape index (κ3) is 5.24. The number of carbonyl (C=O) groups excluding carboxylic acids is 1. The second-order valence-corrected chi connectivity index (χ2v) is 4.17. The normalized spacial score (nSPS) is 10.9. The standard InChI is InChI=1S/C10H19NO4/c1-5-15-9(14)11(10(2,3)4)7-6-8(12)13/h5-7H2,1-4H3,(H,12,13). The van der Waals surface area contributed by atoms with E-state index < -0.39 is 17.6 Å². The predicted molar refractivity (Wildman–Crippen MR) is 55.7 cm³/mol. The first-order valence-corrected chi connectivity index (χ1v) is 4.95. The molecule has 0 unspecified atom stereocenters. The summed E-state index contributed by atoms with van der Waals surface area (Å²) < 4.78 is 4.86. The van der Waals surface area contributed by atoms with E-state index in [-0.39, 0.29) is 13.0 Å². The molecule has 0 saturated carbocycles. The highest BCUT2D eigenvalue weighted by Crippen LogP contribution is 2.15. The molecule has 1 amide bonds. The van der Waals surface area contributed by atoms with Crippen LogP contribution in [-0.2, 0) is 9.53 Å². The van der Waals surface area contributed by atoms with Crippen molar-refractivity contribution < 1.29 is 19.4 Å². The average molecular weight is 217 g/mol. The molecule has 0 aliphatic carbocycles. The van der Waals surface area contributed by atoms with Crippen molar-refractivity contribution in [2.45, 2.75) is 39.7 Å². The molecular weight excluding hydrogens is 198 g/mol. The molecule has 5 nitrogen and oxygen atoms in total. The van der Waals surface area contributed by atoms with Gasteiger partial charge in [0.05, 0.1) is 13.0 Å². The van der Waals surface area contributed by atoms with Gasteiger partial charge in [0, 0.05) is 12.1 Å².